The predicted octanol–water partition coefficient (Wildman–Crippen LogP) is 1.75. The summed E-state index contributed by atoms with van der Waals surface area (Å²) in [5.41, 5.74) is 0.594. The quantitative estimate of drug-likeness (QED) is 0.713. The van der Waals surface area contributed by atoms with Crippen LogP contribution in [0, 0.1) is 0 Å². The summed E-state index contributed by atoms with van der Waals surface area (Å²) >= 11 is 5.84. The Morgan fingerprint density at radius 3 is 2.67 bits per heavy atom. The molecule has 4 nitrogen and oxygen atoms in total. The van der Waals surface area contributed by atoms with E-state index in [-0.39, 0.29) is 23.9 Å². The van der Waals surface area contributed by atoms with Crippen LogP contribution in [0.25, 0.3) is 0 Å². The molecule has 0 saturated heterocycles. The van der Waals surface area contributed by atoms with Gasteiger partial charge in [-0.2, -0.15) is 0 Å². The smallest absolute Gasteiger partial charge is 0.272 e. The summed E-state index contributed by atoms with van der Waals surface area (Å²) in [6, 6.07) is 4.53. The highest BCUT2D eigenvalue weighted by Gasteiger charge is 2.08. The Bertz CT molecular complexity index is 379. The zero-order valence-corrected chi connectivity index (χ0v) is 10.2. The van der Waals surface area contributed by atoms with E-state index in [0.717, 1.165) is 0 Å². The molecular formula is C11H14ClF2NO3. The lowest BCUT2D eigenvalue weighted by atomic mass is 10.3. The molecule has 0 radical (unpaired) electrons. The van der Waals surface area contributed by atoms with Crippen LogP contribution in [0.1, 0.15) is 0 Å². The van der Waals surface area contributed by atoms with Crippen LogP contribution < -0.4 is 10.1 Å². The van der Waals surface area contributed by atoms with Crippen LogP contribution in [0.2, 0.25) is 5.02 Å². The van der Waals surface area contributed by atoms with Gasteiger partial charge in [0, 0.05) is 12.2 Å². The Balaban J connectivity index is 2.56. The van der Waals surface area contributed by atoms with Crippen LogP contribution in [-0.2, 0) is 0 Å². The normalized spacial score (nSPS) is 12.6. The van der Waals surface area contributed by atoms with Gasteiger partial charge in [0.2, 0.25) is 0 Å². The van der Waals surface area contributed by atoms with Crippen molar-refractivity contribution in [1.82, 2.24) is 0 Å². The largest absolute Gasteiger partial charge is 0.486 e. The maximum atomic E-state index is 11.9. The second-order valence-corrected chi connectivity index (χ2v) is 3.97. The van der Waals surface area contributed by atoms with Gasteiger partial charge in [-0.05, 0) is 18.2 Å². The number of nitrogens with one attached hydrogen (secondary N) is 1. The molecule has 1 aromatic carbocycles. The zero-order chi connectivity index (χ0) is 13.5. The zero-order valence-electron chi connectivity index (χ0n) is 9.44. The number of aliphatic hydroxyl groups is 2. The molecule has 102 valence electrons. The van der Waals surface area contributed by atoms with Gasteiger partial charge in [0.1, 0.15) is 12.4 Å². The summed E-state index contributed by atoms with van der Waals surface area (Å²) in [5, 5.41) is 20.8. The van der Waals surface area contributed by atoms with E-state index in [0.29, 0.717) is 5.69 Å². The lowest BCUT2D eigenvalue weighted by molar-refractivity contribution is 0.0819. The van der Waals surface area contributed by atoms with Crippen molar-refractivity contribution in [3.8, 4) is 5.75 Å². The molecule has 0 amide bonds. The minimum Gasteiger partial charge on any atom is -0.486 e. The molecule has 0 fully saturated rings. The van der Waals surface area contributed by atoms with Crippen molar-refractivity contribution in [2.75, 3.05) is 25.1 Å². The maximum absolute atomic E-state index is 11.9. The van der Waals surface area contributed by atoms with E-state index >= 15 is 0 Å². The molecule has 0 bridgehead atoms. The average Bonchev–Trinajstić information content (AvgIpc) is 2.34. The van der Waals surface area contributed by atoms with Gasteiger partial charge in [-0.1, -0.05) is 11.6 Å². The Hall–Kier alpha value is -1.11. The third-order valence-electron chi connectivity index (χ3n) is 2.05. The Kier molecular flexibility index (Phi) is 6.11. The number of rotatable bonds is 7. The second-order valence-electron chi connectivity index (χ2n) is 3.56. The molecule has 0 aliphatic carbocycles. The number of aliphatic hydroxyl groups excluding tert-OH is 2. The van der Waals surface area contributed by atoms with E-state index in [1.807, 2.05) is 0 Å². The predicted molar refractivity (Wildman–Crippen MR) is 64.5 cm³/mol. The lowest BCUT2D eigenvalue weighted by Crippen LogP contribution is -2.22. The maximum Gasteiger partial charge on any atom is 0.272 e. The third-order valence-corrected chi connectivity index (χ3v) is 2.34. The molecule has 3 N–H and O–H groups in total. The molecule has 0 aliphatic heterocycles. The lowest BCUT2D eigenvalue weighted by Gasteiger charge is -2.12. The van der Waals surface area contributed by atoms with Crippen LogP contribution in [0.5, 0.6) is 5.75 Å². The topological polar surface area (TPSA) is 61.7 Å². The average molecular weight is 282 g/mol. The third kappa shape index (κ3) is 5.03. The number of ether oxygens (including phenoxy) is 1. The second kappa shape index (κ2) is 7.35. The first-order chi connectivity index (χ1) is 8.52. The molecule has 7 heteroatoms. The van der Waals surface area contributed by atoms with Gasteiger partial charge >= 0.3 is 0 Å². The monoisotopic (exact) mass is 281 g/mol. The number of benzene rings is 1. The van der Waals surface area contributed by atoms with E-state index in [1.165, 1.54) is 12.1 Å². The van der Waals surface area contributed by atoms with Gasteiger partial charge < -0.3 is 20.3 Å². The molecule has 1 unspecified atom stereocenters. The molecule has 1 aromatic rings. The minimum atomic E-state index is -2.56. The van der Waals surface area contributed by atoms with Crippen molar-refractivity contribution in [1.29, 1.82) is 0 Å². The summed E-state index contributed by atoms with van der Waals surface area (Å²) in [7, 11) is 0. The Labute approximate surface area is 108 Å². The van der Waals surface area contributed by atoms with Gasteiger partial charge in [0.15, 0.2) is 0 Å². The molecule has 0 saturated carbocycles. The van der Waals surface area contributed by atoms with E-state index in [4.69, 9.17) is 26.6 Å². The SMILES string of the molecule is OCC(O)CNc1ccc(OCC(F)F)c(Cl)c1. The van der Waals surface area contributed by atoms with E-state index in [9.17, 15) is 8.78 Å². The van der Waals surface area contributed by atoms with Crippen LogP contribution in [0.3, 0.4) is 0 Å². The van der Waals surface area contributed by atoms with Gasteiger partial charge in [-0.3, -0.25) is 0 Å². The number of hydrogen-bond donors (Lipinski definition) is 3. The minimum absolute atomic E-state index is 0.157. The van der Waals surface area contributed by atoms with Crippen molar-refractivity contribution in [3.63, 3.8) is 0 Å². The number of anilines is 1. The van der Waals surface area contributed by atoms with E-state index in [2.05, 4.69) is 5.32 Å². The summed E-state index contributed by atoms with van der Waals surface area (Å²) in [4.78, 5) is 0. The molecule has 0 spiro atoms. The fourth-order valence-corrected chi connectivity index (χ4v) is 1.42. The molecular weight excluding hydrogens is 268 g/mol. The van der Waals surface area contributed by atoms with Crippen LogP contribution in [0.4, 0.5) is 14.5 Å². The van der Waals surface area contributed by atoms with Gasteiger partial charge in [0.05, 0.1) is 17.7 Å². The van der Waals surface area contributed by atoms with Crippen molar-refractivity contribution < 1.29 is 23.7 Å². The van der Waals surface area contributed by atoms with E-state index in [1.54, 1.807) is 6.07 Å². The highest BCUT2D eigenvalue weighted by atomic mass is 35.5. The van der Waals surface area contributed by atoms with Crippen LogP contribution in [0.15, 0.2) is 18.2 Å². The van der Waals surface area contributed by atoms with Crippen molar-refractivity contribution in [2.24, 2.45) is 0 Å². The fraction of sp³-hybridized carbons (Fsp3) is 0.455. The Morgan fingerprint density at radius 1 is 1.39 bits per heavy atom. The van der Waals surface area contributed by atoms with Gasteiger partial charge in [-0.15, -0.1) is 0 Å². The summed E-state index contributed by atoms with van der Waals surface area (Å²) in [6.07, 6.45) is -3.43. The van der Waals surface area contributed by atoms with Gasteiger partial charge in [0.25, 0.3) is 6.43 Å². The van der Waals surface area contributed by atoms with Gasteiger partial charge in [-0.25, -0.2) is 8.78 Å². The molecule has 1 rings (SSSR count). The molecule has 0 heterocycles. The van der Waals surface area contributed by atoms with Crippen molar-refractivity contribution in [2.45, 2.75) is 12.5 Å². The summed E-state index contributed by atoms with van der Waals surface area (Å²) in [6.45, 7) is -0.907. The standard InChI is InChI=1S/C11H14ClF2NO3/c12-9-3-7(15-4-8(17)5-16)1-2-10(9)18-6-11(13)14/h1-3,8,11,15-17H,4-6H2. The first-order valence-corrected chi connectivity index (χ1v) is 5.64. The first-order valence-electron chi connectivity index (χ1n) is 5.26. The first kappa shape index (κ1) is 14.9. The summed E-state index contributed by atoms with van der Waals surface area (Å²) in [5.74, 6) is 0.172. The van der Waals surface area contributed by atoms with Crippen LogP contribution in [-0.4, -0.2) is 42.5 Å². The summed E-state index contributed by atoms with van der Waals surface area (Å²) < 4.78 is 28.7. The van der Waals surface area contributed by atoms with Crippen LogP contribution >= 0.6 is 11.6 Å². The number of hydrogen-bond acceptors (Lipinski definition) is 4. The molecule has 0 aliphatic rings. The Morgan fingerprint density at radius 2 is 2.11 bits per heavy atom. The van der Waals surface area contributed by atoms with Crippen molar-refractivity contribution in [3.05, 3.63) is 23.2 Å². The highest BCUT2D eigenvalue weighted by molar-refractivity contribution is 6.32. The molecule has 1 atom stereocenters. The van der Waals surface area contributed by atoms with E-state index < -0.39 is 19.1 Å². The number of alkyl halides is 2. The fourth-order valence-electron chi connectivity index (χ4n) is 1.18. The molecule has 18 heavy (non-hydrogen) atoms. The van der Waals surface area contributed by atoms with Crippen molar-refractivity contribution >= 4 is 17.3 Å². The number of halogens is 3. The highest BCUT2D eigenvalue weighted by Crippen LogP contribution is 2.27. The molecule has 0 aromatic heterocycles.